The molecule has 1 aromatic rings. The van der Waals surface area contributed by atoms with Gasteiger partial charge in [0, 0.05) is 50.3 Å². The highest BCUT2D eigenvalue weighted by atomic mass is 19.3. The molecule has 1 aliphatic heterocycles. The minimum Gasteiger partial charge on any atom is -0.335 e. The first kappa shape index (κ1) is 15.7. The van der Waals surface area contributed by atoms with Crippen molar-refractivity contribution in [1.29, 1.82) is 0 Å². The normalized spacial score (nSPS) is 19.1. The van der Waals surface area contributed by atoms with Crippen molar-refractivity contribution in [3.63, 3.8) is 0 Å². The lowest BCUT2D eigenvalue weighted by Crippen LogP contribution is -2.49. The molecule has 116 valence electrons. The topological polar surface area (TPSA) is 45.2 Å². The Labute approximate surface area is 123 Å². The molecule has 1 fully saturated rings. The van der Waals surface area contributed by atoms with Gasteiger partial charge in [0.15, 0.2) is 0 Å². The summed E-state index contributed by atoms with van der Waals surface area (Å²) in [6, 6.07) is 3.49. The maximum Gasteiger partial charge on any atom is 0.317 e. The van der Waals surface area contributed by atoms with Gasteiger partial charge in [-0.05, 0) is 25.5 Å². The van der Waals surface area contributed by atoms with Gasteiger partial charge in [-0.1, -0.05) is 6.07 Å². The van der Waals surface area contributed by atoms with Crippen LogP contribution in [0, 0.1) is 6.92 Å². The molecule has 6 heteroatoms. The molecule has 2 heterocycles. The second-order valence-corrected chi connectivity index (χ2v) is 5.66. The van der Waals surface area contributed by atoms with E-state index >= 15 is 0 Å². The average molecular weight is 297 g/mol. The van der Waals surface area contributed by atoms with Crippen LogP contribution in [0.3, 0.4) is 0 Å². The number of aromatic nitrogens is 1. The Morgan fingerprint density at radius 1 is 1.48 bits per heavy atom. The Morgan fingerprint density at radius 3 is 2.76 bits per heavy atom. The summed E-state index contributed by atoms with van der Waals surface area (Å²) in [5.41, 5.74) is 2.02. The van der Waals surface area contributed by atoms with Crippen molar-refractivity contribution in [2.45, 2.75) is 45.1 Å². The number of nitrogens with zero attached hydrogens (tertiary/aromatic N) is 2. The van der Waals surface area contributed by atoms with Crippen LogP contribution in [0.25, 0.3) is 0 Å². The Bertz CT molecular complexity index is 497. The molecule has 1 unspecified atom stereocenters. The van der Waals surface area contributed by atoms with Crippen LogP contribution in [0.15, 0.2) is 18.3 Å². The largest absolute Gasteiger partial charge is 0.335 e. The summed E-state index contributed by atoms with van der Waals surface area (Å²) in [6.07, 6.45) is 1.84. The van der Waals surface area contributed by atoms with Crippen LogP contribution in [0.4, 0.5) is 13.6 Å². The predicted molar refractivity (Wildman–Crippen MR) is 76.4 cm³/mol. The van der Waals surface area contributed by atoms with E-state index in [1.165, 1.54) is 4.90 Å². The third kappa shape index (κ3) is 4.37. The molecule has 2 amide bonds. The molecule has 0 aromatic carbocycles. The fraction of sp³-hybridized carbons (Fsp3) is 0.600. The molecule has 1 atom stereocenters. The van der Waals surface area contributed by atoms with E-state index < -0.39 is 5.92 Å². The number of nitrogens with one attached hydrogen (secondary N) is 1. The van der Waals surface area contributed by atoms with Gasteiger partial charge >= 0.3 is 6.03 Å². The summed E-state index contributed by atoms with van der Waals surface area (Å²) in [7, 11) is 0. The summed E-state index contributed by atoms with van der Waals surface area (Å²) in [5.74, 6) is -2.63. The van der Waals surface area contributed by atoms with E-state index in [1.807, 2.05) is 26.0 Å². The van der Waals surface area contributed by atoms with Crippen molar-refractivity contribution < 1.29 is 13.6 Å². The lowest BCUT2D eigenvalue weighted by Gasteiger charge is -2.32. The first-order chi connectivity index (χ1) is 9.87. The van der Waals surface area contributed by atoms with E-state index in [4.69, 9.17) is 0 Å². The van der Waals surface area contributed by atoms with Gasteiger partial charge in [0.1, 0.15) is 0 Å². The summed E-state index contributed by atoms with van der Waals surface area (Å²) in [5, 5.41) is 2.85. The zero-order chi connectivity index (χ0) is 15.5. The first-order valence-electron chi connectivity index (χ1n) is 7.21. The third-order valence-electron chi connectivity index (χ3n) is 3.77. The number of piperidine rings is 1. The average Bonchev–Trinajstić information content (AvgIpc) is 2.41. The minimum absolute atomic E-state index is 0.0893. The highest BCUT2D eigenvalue weighted by molar-refractivity contribution is 5.74. The van der Waals surface area contributed by atoms with Gasteiger partial charge in [0.05, 0.1) is 0 Å². The van der Waals surface area contributed by atoms with Crippen LogP contribution < -0.4 is 5.32 Å². The molecule has 21 heavy (non-hydrogen) atoms. The molecule has 0 radical (unpaired) electrons. The van der Waals surface area contributed by atoms with Gasteiger partial charge < -0.3 is 10.2 Å². The van der Waals surface area contributed by atoms with Crippen LogP contribution in [-0.2, 0) is 6.42 Å². The van der Waals surface area contributed by atoms with E-state index in [0.717, 1.165) is 11.3 Å². The second-order valence-electron chi connectivity index (χ2n) is 5.66. The van der Waals surface area contributed by atoms with E-state index in [2.05, 4.69) is 10.3 Å². The van der Waals surface area contributed by atoms with Gasteiger partial charge in [0.25, 0.3) is 5.92 Å². The van der Waals surface area contributed by atoms with Crippen LogP contribution in [0.2, 0.25) is 0 Å². The molecule has 1 N–H and O–H groups in total. The molecule has 0 aliphatic carbocycles. The molecule has 1 saturated heterocycles. The maximum atomic E-state index is 13.1. The first-order valence-corrected chi connectivity index (χ1v) is 7.21. The van der Waals surface area contributed by atoms with Crippen molar-refractivity contribution in [1.82, 2.24) is 15.2 Å². The van der Waals surface area contributed by atoms with Gasteiger partial charge in [-0.15, -0.1) is 0 Å². The number of hydrogen-bond donors (Lipinski definition) is 1. The molecule has 0 spiro atoms. The monoisotopic (exact) mass is 297 g/mol. The number of rotatable bonds is 3. The lowest BCUT2D eigenvalue weighted by atomic mass is 10.1. The summed E-state index contributed by atoms with van der Waals surface area (Å²) in [6.45, 7) is 4.08. The lowest BCUT2D eigenvalue weighted by molar-refractivity contribution is -0.0470. The Kier molecular flexibility index (Phi) is 4.75. The van der Waals surface area contributed by atoms with Gasteiger partial charge in [-0.3, -0.25) is 4.98 Å². The molecule has 4 nitrogen and oxygen atoms in total. The zero-order valence-electron chi connectivity index (χ0n) is 12.4. The number of pyridine rings is 1. The summed E-state index contributed by atoms with van der Waals surface area (Å²) < 4.78 is 26.1. The van der Waals surface area contributed by atoms with Crippen molar-refractivity contribution in [2.24, 2.45) is 0 Å². The van der Waals surface area contributed by atoms with E-state index in [0.29, 0.717) is 6.42 Å². The zero-order valence-corrected chi connectivity index (χ0v) is 12.4. The highest BCUT2D eigenvalue weighted by Crippen LogP contribution is 2.27. The summed E-state index contributed by atoms with van der Waals surface area (Å²) in [4.78, 5) is 17.8. The van der Waals surface area contributed by atoms with Crippen molar-refractivity contribution >= 4 is 6.03 Å². The van der Waals surface area contributed by atoms with Crippen LogP contribution in [0.1, 0.15) is 31.0 Å². The molecule has 1 aliphatic rings. The molecular weight excluding hydrogens is 276 g/mol. The molecule has 0 bridgehead atoms. The van der Waals surface area contributed by atoms with E-state index in [1.54, 1.807) is 6.20 Å². The number of alkyl halides is 2. The molecule has 2 rings (SSSR count). The van der Waals surface area contributed by atoms with E-state index in [-0.39, 0.29) is 38.0 Å². The third-order valence-corrected chi connectivity index (χ3v) is 3.77. The number of hydrogen-bond acceptors (Lipinski definition) is 2. The van der Waals surface area contributed by atoms with E-state index in [9.17, 15) is 13.6 Å². The highest BCUT2D eigenvalue weighted by Gasteiger charge is 2.35. The molecule has 0 saturated carbocycles. The molecule has 1 aromatic heterocycles. The molecular formula is C15H21F2N3O. The second kappa shape index (κ2) is 6.37. The van der Waals surface area contributed by atoms with Gasteiger partial charge in [0.2, 0.25) is 0 Å². The Morgan fingerprint density at radius 2 is 2.14 bits per heavy atom. The number of carbonyl (C=O) groups is 1. The number of urea groups is 1. The smallest absolute Gasteiger partial charge is 0.317 e. The minimum atomic E-state index is -2.63. The number of carbonyl (C=O) groups excluding carboxylic acids is 1. The number of aryl methyl sites for hydroxylation is 1. The number of halogens is 2. The Balaban J connectivity index is 1.84. The van der Waals surface area contributed by atoms with Crippen molar-refractivity contribution in [3.05, 3.63) is 29.6 Å². The van der Waals surface area contributed by atoms with Gasteiger partial charge in [-0.2, -0.15) is 0 Å². The maximum absolute atomic E-state index is 13.1. The Hall–Kier alpha value is -1.72. The quantitative estimate of drug-likeness (QED) is 0.932. The van der Waals surface area contributed by atoms with Crippen LogP contribution in [-0.4, -0.2) is 41.0 Å². The fourth-order valence-corrected chi connectivity index (χ4v) is 2.41. The van der Waals surface area contributed by atoms with Crippen molar-refractivity contribution in [3.8, 4) is 0 Å². The predicted octanol–water partition coefficient (Wildman–Crippen LogP) is 2.76. The fourth-order valence-electron chi connectivity index (χ4n) is 2.41. The summed E-state index contributed by atoms with van der Waals surface area (Å²) >= 11 is 0. The number of likely N-dealkylation sites (tertiary alicyclic amines) is 1. The standard InChI is InChI=1S/C15H21F2N3O/c1-11-4-3-7-18-13(11)10-12(2)19-14(21)20-8-5-15(16,17)6-9-20/h3-4,7,12H,5-6,8-10H2,1-2H3,(H,19,21). The van der Waals surface area contributed by atoms with Gasteiger partial charge in [-0.25, -0.2) is 13.6 Å². The number of amides is 2. The van der Waals surface area contributed by atoms with Crippen LogP contribution in [0.5, 0.6) is 0 Å². The van der Waals surface area contributed by atoms with Crippen molar-refractivity contribution in [2.75, 3.05) is 13.1 Å². The SMILES string of the molecule is Cc1cccnc1CC(C)NC(=O)N1CCC(F)(F)CC1. The van der Waals surface area contributed by atoms with Crippen LogP contribution >= 0.6 is 0 Å².